The molecule has 1 saturated heterocycles. The van der Waals surface area contributed by atoms with E-state index >= 15 is 0 Å². The largest absolute Gasteiger partial charge is 0.298 e. The van der Waals surface area contributed by atoms with E-state index in [0.29, 0.717) is 0 Å². The van der Waals surface area contributed by atoms with E-state index in [4.69, 9.17) is 5.10 Å². The first kappa shape index (κ1) is 16.5. The lowest BCUT2D eigenvalue weighted by Crippen LogP contribution is -2.28. The Labute approximate surface area is 168 Å². The zero-order valence-electron chi connectivity index (χ0n) is 15.7. The molecule has 1 fully saturated rings. The van der Waals surface area contributed by atoms with Crippen molar-refractivity contribution in [3.63, 3.8) is 0 Å². The van der Waals surface area contributed by atoms with Crippen LogP contribution in [0.2, 0.25) is 0 Å². The van der Waals surface area contributed by atoms with Crippen molar-refractivity contribution in [1.82, 2.24) is 19.7 Å². The van der Waals surface area contributed by atoms with Crippen molar-refractivity contribution >= 4 is 22.2 Å². The second-order valence-corrected chi connectivity index (χ2v) is 8.96. The summed E-state index contributed by atoms with van der Waals surface area (Å²) >= 11 is 1.79. The summed E-state index contributed by atoms with van der Waals surface area (Å²) in [6.07, 6.45) is 4.41. The Morgan fingerprint density at radius 1 is 1.07 bits per heavy atom. The van der Waals surface area contributed by atoms with Crippen LogP contribution in [0.3, 0.4) is 0 Å². The lowest BCUT2D eigenvalue weighted by atomic mass is 9.82. The average molecular weight is 387 g/mol. The molecule has 2 aliphatic heterocycles. The van der Waals surface area contributed by atoms with Crippen molar-refractivity contribution in [1.29, 1.82) is 0 Å². The molecule has 0 amide bonds. The summed E-state index contributed by atoms with van der Waals surface area (Å²) in [6, 6.07) is 15.1. The second-order valence-electron chi connectivity index (χ2n) is 8.18. The summed E-state index contributed by atoms with van der Waals surface area (Å²) in [5.41, 5.74) is 6.34. The fraction of sp³-hybridized carbons (Fsp3) is 0.304. The smallest absolute Gasteiger partial charge is 0.0941 e. The van der Waals surface area contributed by atoms with Crippen molar-refractivity contribution in [2.45, 2.75) is 31.3 Å². The van der Waals surface area contributed by atoms with Crippen LogP contribution in [-0.2, 0) is 18.5 Å². The third kappa shape index (κ3) is 2.61. The molecule has 3 aromatic heterocycles. The lowest BCUT2D eigenvalue weighted by molar-refractivity contribution is 0.302. The number of thiophene rings is 1. The molecule has 4 aromatic rings. The van der Waals surface area contributed by atoms with E-state index in [-0.39, 0.29) is 5.41 Å². The van der Waals surface area contributed by atoms with Crippen LogP contribution in [0.5, 0.6) is 0 Å². The van der Waals surface area contributed by atoms with Gasteiger partial charge in [-0.15, -0.1) is 0 Å². The van der Waals surface area contributed by atoms with Crippen molar-refractivity contribution in [2.24, 2.45) is 0 Å². The molecule has 0 saturated carbocycles. The number of aryl methyl sites for hydroxylation is 1. The molecule has 0 bridgehead atoms. The third-order valence-corrected chi connectivity index (χ3v) is 7.16. The Balaban J connectivity index is 1.30. The fourth-order valence-corrected chi connectivity index (χ4v) is 5.62. The van der Waals surface area contributed by atoms with Gasteiger partial charge in [0.05, 0.1) is 11.2 Å². The summed E-state index contributed by atoms with van der Waals surface area (Å²) in [5.74, 6) is 0. The van der Waals surface area contributed by atoms with E-state index < -0.39 is 0 Å². The maximum atomic E-state index is 4.95. The minimum absolute atomic E-state index is 0.269. The summed E-state index contributed by atoms with van der Waals surface area (Å²) in [6.45, 7) is 4.42. The highest BCUT2D eigenvalue weighted by molar-refractivity contribution is 7.07. The highest BCUT2D eigenvalue weighted by atomic mass is 32.1. The number of para-hydroxylation sites is 1. The number of fused-ring (bicyclic) bond motifs is 3. The molecule has 1 unspecified atom stereocenters. The van der Waals surface area contributed by atoms with E-state index in [1.807, 2.05) is 12.3 Å². The number of nitrogens with zero attached hydrogens (tertiary/aromatic N) is 4. The number of hydrogen-bond donors (Lipinski definition) is 0. The quantitative estimate of drug-likeness (QED) is 0.511. The normalized spacial score (nSPS) is 21.7. The Kier molecular flexibility index (Phi) is 3.68. The van der Waals surface area contributed by atoms with Crippen molar-refractivity contribution in [2.75, 3.05) is 13.1 Å². The predicted octanol–water partition coefficient (Wildman–Crippen LogP) is 4.71. The van der Waals surface area contributed by atoms with Gasteiger partial charge in [0.25, 0.3) is 0 Å². The first-order valence-electron chi connectivity index (χ1n) is 9.96. The number of benzene rings is 1. The standard InChI is InChI=1S/C23H22N4S/c1-2-4-20-18(3-1)11-19(13-24-20)21-12-22-23(7-9-27(22)25-21)6-8-26(16-23)14-17-5-10-28-15-17/h1-5,10-13,15H,6-9,14,16H2. The van der Waals surface area contributed by atoms with Crippen LogP contribution in [0.15, 0.2) is 59.4 Å². The molecule has 6 rings (SSSR count). The molecule has 1 spiro atoms. The molecule has 5 heteroatoms. The fourth-order valence-electron chi connectivity index (χ4n) is 4.96. The van der Waals surface area contributed by atoms with Gasteiger partial charge in [0, 0.05) is 47.9 Å². The van der Waals surface area contributed by atoms with Crippen LogP contribution in [0, 0.1) is 0 Å². The van der Waals surface area contributed by atoms with Gasteiger partial charge in [0.1, 0.15) is 0 Å². The Morgan fingerprint density at radius 2 is 2.00 bits per heavy atom. The SMILES string of the molecule is c1ccc2ncc(-c3cc4n(n3)CCC43CCN(Cc4ccsc4)C3)cc2c1. The van der Waals surface area contributed by atoms with Crippen LogP contribution in [0.4, 0.5) is 0 Å². The molecular weight excluding hydrogens is 364 g/mol. The average Bonchev–Trinajstić information content (AvgIpc) is 3.50. The molecule has 0 aliphatic carbocycles. The molecular formula is C23H22N4S. The van der Waals surface area contributed by atoms with Crippen LogP contribution in [0.1, 0.15) is 24.1 Å². The van der Waals surface area contributed by atoms with Crippen LogP contribution in [0.25, 0.3) is 22.2 Å². The molecule has 1 aromatic carbocycles. The van der Waals surface area contributed by atoms with Crippen molar-refractivity contribution in [3.05, 3.63) is 70.7 Å². The molecule has 4 nitrogen and oxygen atoms in total. The van der Waals surface area contributed by atoms with Crippen LogP contribution in [-0.4, -0.2) is 32.8 Å². The van der Waals surface area contributed by atoms with E-state index in [1.54, 1.807) is 11.3 Å². The first-order chi connectivity index (χ1) is 13.8. The number of hydrogen-bond acceptors (Lipinski definition) is 4. The topological polar surface area (TPSA) is 34.0 Å². The van der Waals surface area contributed by atoms with Crippen LogP contribution >= 0.6 is 11.3 Å². The van der Waals surface area contributed by atoms with Crippen molar-refractivity contribution < 1.29 is 0 Å². The lowest BCUT2D eigenvalue weighted by Gasteiger charge is -2.23. The van der Waals surface area contributed by atoms with Gasteiger partial charge in [-0.2, -0.15) is 16.4 Å². The molecule has 28 heavy (non-hydrogen) atoms. The maximum Gasteiger partial charge on any atom is 0.0941 e. The minimum Gasteiger partial charge on any atom is -0.298 e. The van der Waals surface area contributed by atoms with Gasteiger partial charge in [-0.05, 0) is 60.0 Å². The molecule has 0 radical (unpaired) electrons. The predicted molar refractivity (Wildman–Crippen MR) is 113 cm³/mol. The van der Waals surface area contributed by atoms with Gasteiger partial charge in [-0.1, -0.05) is 18.2 Å². The number of rotatable bonds is 3. The zero-order chi connectivity index (χ0) is 18.6. The Morgan fingerprint density at radius 3 is 2.93 bits per heavy atom. The van der Waals surface area contributed by atoms with E-state index in [2.05, 4.69) is 61.7 Å². The van der Waals surface area contributed by atoms with Gasteiger partial charge in [-0.25, -0.2) is 0 Å². The monoisotopic (exact) mass is 386 g/mol. The van der Waals surface area contributed by atoms with Gasteiger partial charge in [-0.3, -0.25) is 14.6 Å². The summed E-state index contributed by atoms with van der Waals surface area (Å²) in [4.78, 5) is 7.24. The van der Waals surface area contributed by atoms with Gasteiger partial charge >= 0.3 is 0 Å². The first-order valence-corrected chi connectivity index (χ1v) is 10.9. The molecule has 5 heterocycles. The highest BCUT2D eigenvalue weighted by Gasteiger charge is 2.45. The molecule has 140 valence electrons. The Hall–Kier alpha value is -2.50. The van der Waals surface area contributed by atoms with Crippen LogP contribution < -0.4 is 0 Å². The minimum atomic E-state index is 0.269. The highest BCUT2D eigenvalue weighted by Crippen LogP contribution is 2.44. The third-order valence-electron chi connectivity index (χ3n) is 6.43. The van der Waals surface area contributed by atoms with Gasteiger partial charge < -0.3 is 0 Å². The summed E-state index contributed by atoms with van der Waals surface area (Å²) < 4.78 is 2.25. The maximum absolute atomic E-state index is 4.95. The number of aromatic nitrogens is 3. The molecule has 1 atom stereocenters. The second kappa shape index (κ2) is 6.26. The van der Waals surface area contributed by atoms with E-state index in [0.717, 1.165) is 36.4 Å². The van der Waals surface area contributed by atoms with E-state index in [1.165, 1.54) is 36.0 Å². The van der Waals surface area contributed by atoms with Gasteiger partial charge in [0.15, 0.2) is 0 Å². The number of likely N-dealkylation sites (tertiary alicyclic amines) is 1. The zero-order valence-corrected chi connectivity index (χ0v) is 16.5. The van der Waals surface area contributed by atoms with Crippen molar-refractivity contribution in [3.8, 4) is 11.3 Å². The summed E-state index contributed by atoms with van der Waals surface area (Å²) in [5, 5.41) is 10.6. The Bertz CT molecular complexity index is 1150. The molecule has 2 aliphatic rings. The number of pyridine rings is 1. The molecule has 0 N–H and O–H groups in total. The summed E-state index contributed by atoms with van der Waals surface area (Å²) in [7, 11) is 0. The van der Waals surface area contributed by atoms with E-state index in [9.17, 15) is 0 Å². The van der Waals surface area contributed by atoms with Gasteiger partial charge in [0.2, 0.25) is 0 Å².